The zero-order chi connectivity index (χ0) is 20.5. The van der Waals surface area contributed by atoms with Crippen molar-refractivity contribution in [1.82, 2.24) is 0 Å². The molecule has 3 aromatic rings. The molecule has 0 aromatic heterocycles. The molecule has 0 spiro atoms. The fourth-order valence-electron chi connectivity index (χ4n) is 4.50. The van der Waals surface area contributed by atoms with Gasteiger partial charge in [-0.3, -0.25) is 9.59 Å². The number of carbonyl (C=O) groups excluding carboxylic acids is 2. The minimum atomic E-state index is -0.693. The maximum absolute atomic E-state index is 13.3. The highest BCUT2D eigenvalue weighted by atomic mass is 16.5. The fourth-order valence-corrected chi connectivity index (χ4v) is 4.50. The van der Waals surface area contributed by atoms with E-state index in [2.05, 4.69) is 24.3 Å². The second-order valence-corrected chi connectivity index (χ2v) is 7.85. The van der Waals surface area contributed by atoms with Crippen LogP contribution in [0.4, 0.5) is 0 Å². The predicted octanol–water partition coefficient (Wildman–Crippen LogP) is 5.73. The monoisotopic (exact) mass is 394 g/mol. The standard InChI is InChI=1S/C27H22O3/c28-22-12-7-13-23-25(22)24(27(30-23)26(29)21-10-5-2-6-11-21)20-16-14-19(15-17-20)18-8-3-1-4-9-18/h1-6,8-11,14-17,24,27H,7,12-13H2. The lowest BCUT2D eigenvalue weighted by Gasteiger charge is -2.21. The Morgan fingerprint density at radius 2 is 1.40 bits per heavy atom. The van der Waals surface area contributed by atoms with Crippen molar-refractivity contribution in [2.24, 2.45) is 0 Å². The first-order valence-electron chi connectivity index (χ1n) is 10.4. The van der Waals surface area contributed by atoms with Crippen molar-refractivity contribution >= 4 is 11.6 Å². The Morgan fingerprint density at radius 3 is 2.10 bits per heavy atom. The molecule has 2 unspecified atom stereocenters. The first-order valence-corrected chi connectivity index (χ1v) is 10.4. The second-order valence-electron chi connectivity index (χ2n) is 7.85. The molecule has 1 aliphatic heterocycles. The third-order valence-electron chi connectivity index (χ3n) is 5.99. The minimum Gasteiger partial charge on any atom is -0.485 e. The maximum Gasteiger partial charge on any atom is 0.204 e. The van der Waals surface area contributed by atoms with Crippen LogP contribution in [0.5, 0.6) is 0 Å². The van der Waals surface area contributed by atoms with Crippen LogP contribution in [0.1, 0.15) is 41.1 Å². The van der Waals surface area contributed by atoms with Crippen molar-refractivity contribution in [2.75, 3.05) is 0 Å². The van der Waals surface area contributed by atoms with Crippen molar-refractivity contribution in [3.63, 3.8) is 0 Å². The number of allylic oxidation sites excluding steroid dienone is 1. The summed E-state index contributed by atoms with van der Waals surface area (Å²) in [7, 11) is 0. The van der Waals surface area contributed by atoms with E-state index in [-0.39, 0.29) is 17.5 Å². The van der Waals surface area contributed by atoms with Crippen LogP contribution < -0.4 is 0 Å². The van der Waals surface area contributed by atoms with Crippen molar-refractivity contribution in [3.8, 4) is 11.1 Å². The third kappa shape index (κ3) is 3.26. The molecule has 1 aliphatic carbocycles. The highest BCUT2D eigenvalue weighted by Crippen LogP contribution is 2.45. The first-order chi connectivity index (χ1) is 14.7. The largest absolute Gasteiger partial charge is 0.485 e. The zero-order valence-corrected chi connectivity index (χ0v) is 16.6. The van der Waals surface area contributed by atoms with E-state index < -0.39 is 6.10 Å². The Bertz CT molecular complexity index is 1110. The molecular formula is C27H22O3. The van der Waals surface area contributed by atoms with Gasteiger partial charge in [-0.25, -0.2) is 0 Å². The number of rotatable bonds is 4. The molecule has 0 saturated heterocycles. The van der Waals surface area contributed by atoms with Crippen LogP contribution in [0.25, 0.3) is 11.1 Å². The summed E-state index contributed by atoms with van der Waals surface area (Å²) in [5.41, 5.74) is 4.50. The van der Waals surface area contributed by atoms with E-state index in [0.29, 0.717) is 23.3 Å². The van der Waals surface area contributed by atoms with E-state index >= 15 is 0 Å². The number of ether oxygens (including phenoxy) is 1. The number of Topliss-reactive ketones (excluding diaryl/α,β-unsaturated/α-hetero) is 2. The molecule has 0 saturated carbocycles. The summed E-state index contributed by atoms with van der Waals surface area (Å²) in [6.07, 6.45) is 1.33. The highest BCUT2D eigenvalue weighted by Gasteiger charge is 2.45. The lowest BCUT2D eigenvalue weighted by molar-refractivity contribution is -0.116. The van der Waals surface area contributed by atoms with Crippen molar-refractivity contribution in [3.05, 3.63) is 107 Å². The fraction of sp³-hybridized carbons (Fsp3) is 0.185. The summed E-state index contributed by atoms with van der Waals surface area (Å²) in [5.74, 6) is 0.384. The van der Waals surface area contributed by atoms with Gasteiger partial charge in [0.25, 0.3) is 0 Å². The number of carbonyl (C=O) groups is 2. The summed E-state index contributed by atoms with van der Waals surface area (Å²) in [6, 6.07) is 27.5. The summed E-state index contributed by atoms with van der Waals surface area (Å²) in [4.78, 5) is 26.1. The minimum absolute atomic E-state index is 0.0741. The number of hydrogen-bond acceptors (Lipinski definition) is 3. The van der Waals surface area contributed by atoms with Gasteiger partial charge in [0.1, 0.15) is 5.76 Å². The topological polar surface area (TPSA) is 43.4 Å². The average molecular weight is 394 g/mol. The summed E-state index contributed by atoms with van der Waals surface area (Å²) in [5, 5.41) is 0. The zero-order valence-electron chi connectivity index (χ0n) is 16.6. The molecule has 1 heterocycles. The SMILES string of the molecule is O=C1CCCC2=C1C(c1ccc(-c3ccccc3)cc1)C(C(=O)c1ccccc1)O2. The predicted molar refractivity (Wildman–Crippen MR) is 116 cm³/mol. The Labute approximate surface area is 176 Å². The van der Waals surface area contributed by atoms with Gasteiger partial charge in [-0.2, -0.15) is 0 Å². The van der Waals surface area contributed by atoms with E-state index in [9.17, 15) is 9.59 Å². The van der Waals surface area contributed by atoms with Crippen LogP contribution in [-0.4, -0.2) is 17.7 Å². The van der Waals surface area contributed by atoms with Gasteiger partial charge in [0.2, 0.25) is 5.78 Å². The van der Waals surface area contributed by atoms with Gasteiger partial charge in [-0.1, -0.05) is 84.9 Å². The van der Waals surface area contributed by atoms with Crippen molar-refractivity contribution < 1.29 is 14.3 Å². The molecule has 0 bridgehead atoms. The third-order valence-corrected chi connectivity index (χ3v) is 5.99. The van der Waals surface area contributed by atoms with Gasteiger partial charge >= 0.3 is 0 Å². The van der Waals surface area contributed by atoms with E-state index in [1.165, 1.54) is 0 Å². The molecule has 5 rings (SSSR count). The molecule has 0 amide bonds. The number of ketones is 2. The van der Waals surface area contributed by atoms with Crippen molar-refractivity contribution in [2.45, 2.75) is 31.3 Å². The van der Waals surface area contributed by atoms with Gasteiger partial charge in [-0.05, 0) is 23.1 Å². The molecule has 0 radical (unpaired) electrons. The van der Waals surface area contributed by atoms with Crippen LogP contribution in [0.2, 0.25) is 0 Å². The average Bonchev–Trinajstić information content (AvgIpc) is 3.21. The quantitative estimate of drug-likeness (QED) is 0.531. The van der Waals surface area contributed by atoms with E-state index in [4.69, 9.17) is 4.74 Å². The normalized spacial score (nSPS) is 20.6. The molecule has 0 fully saturated rings. The van der Waals surface area contributed by atoms with Gasteiger partial charge < -0.3 is 4.74 Å². The van der Waals surface area contributed by atoms with Crippen LogP contribution in [0, 0.1) is 0 Å². The molecule has 3 nitrogen and oxygen atoms in total. The van der Waals surface area contributed by atoms with Crippen LogP contribution in [0.3, 0.4) is 0 Å². The summed E-state index contributed by atoms with van der Waals surface area (Å²) in [6.45, 7) is 0. The van der Waals surface area contributed by atoms with Crippen molar-refractivity contribution in [1.29, 1.82) is 0 Å². The molecule has 2 aliphatic rings. The summed E-state index contributed by atoms with van der Waals surface area (Å²) < 4.78 is 6.14. The molecule has 0 N–H and O–H groups in total. The Hall–Kier alpha value is -3.46. The Balaban J connectivity index is 1.54. The van der Waals surface area contributed by atoms with Gasteiger partial charge in [0, 0.05) is 24.0 Å². The van der Waals surface area contributed by atoms with Crippen LogP contribution in [-0.2, 0) is 9.53 Å². The van der Waals surface area contributed by atoms with E-state index in [1.807, 2.05) is 48.5 Å². The molecule has 2 atom stereocenters. The first kappa shape index (κ1) is 18.6. The molecular weight excluding hydrogens is 372 g/mol. The van der Waals surface area contributed by atoms with Gasteiger partial charge in [0.05, 0.1) is 5.92 Å². The molecule has 3 aromatic carbocycles. The Kier molecular flexibility index (Phi) is 4.80. The Morgan fingerprint density at radius 1 is 0.767 bits per heavy atom. The second kappa shape index (κ2) is 7.75. The highest BCUT2D eigenvalue weighted by molar-refractivity contribution is 6.05. The van der Waals surface area contributed by atoms with Gasteiger partial charge in [-0.15, -0.1) is 0 Å². The van der Waals surface area contributed by atoms with Crippen LogP contribution >= 0.6 is 0 Å². The number of benzene rings is 3. The van der Waals surface area contributed by atoms with E-state index in [0.717, 1.165) is 29.5 Å². The smallest absolute Gasteiger partial charge is 0.204 e. The lowest BCUT2D eigenvalue weighted by Crippen LogP contribution is -2.28. The molecule has 148 valence electrons. The van der Waals surface area contributed by atoms with Crippen LogP contribution in [0.15, 0.2) is 96.3 Å². The molecule has 3 heteroatoms. The maximum atomic E-state index is 13.3. The lowest BCUT2D eigenvalue weighted by atomic mass is 9.79. The molecule has 30 heavy (non-hydrogen) atoms. The van der Waals surface area contributed by atoms with Gasteiger partial charge in [0.15, 0.2) is 11.9 Å². The number of hydrogen-bond donors (Lipinski definition) is 0. The summed E-state index contributed by atoms with van der Waals surface area (Å²) >= 11 is 0. The van der Waals surface area contributed by atoms with E-state index in [1.54, 1.807) is 12.1 Å².